The Morgan fingerprint density at radius 2 is 1.02 bits per heavy atom. The molecule has 1 heteroatoms. The lowest BCUT2D eigenvalue weighted by atomic mass is 9.69. The van der Waals surface area contributed by atoms with Crippen molar-refractivity contribution in [1.29, 1.82) is 0 Å². The fourth-order valence-corrected chi connectivity index (χ4v) is 10.3. The van der Waals surface area contributed by atoms with Crippen LogP contribution in [0.5, 0.6) is 0 Å². The van der Waals surface area contributed by atoms with Gasteiger partial charge in [-0.3, -0.25) is 0 Å². The largest absolute Gasteiger partial charge is 0.310 e. The lowest BCUT2D eigenvalue weighted by molar-refractivity contribution is 0.660. The van der Waals surface area contributed by atoms with Crippen LogP contribution in [0, 0.1) is 0 Å². The minimum atomic E-state index is -0.365. The standard InChI is InChI=1S/C52H39N/c1-51(2)44-23-11-6-22-41(44)43-32-35(29-31-45(43)51)53(50-27-15-10-18-37(50)34-16-4-3-5-17-34)36-28-30-42-40-21-9-14-26-48(40)52(49(42)33-36)46-24-12-7-19-38(46)39-20-8-13-25-47(39)52/h3-7,9-19,21-33H,8,20H2,1-2H3. The van der Waals surface area contributed by atoms with Crippen LogP contribution in [-0.4, -0.2) is 0 Å². The maximum absolute atomic E-state index is 2.53. The molecule has 1 nitrogen and oxygen atoms in total. The number of para-hydroxylation sites is 1. The van der Waals surface area contributed by atoms with E-state index in [0.717, 1.165) is 29.9 Å². The topological polar surface area (TPSA) is 3.24 Å². The Bertz CT molecular complexity index is 2710. The van der Waals surface area contributed by atoms with Crippen LogP contribution in [0.3, 0.4) is 0 Å². The second-order valence-corrected chi connectivity index (χ2v) is 15.5. The molecule has 252 valence electrons. The maximum Gasteiger partial charge on any atom is 0.0722 e. The minimum absolute atomic E-state index is 0.0578. The van der Waals surface area contributed by atoms with Crippen LogP contribution >= 0.6 is 0 Å². The Morgan fingerprint density at radius 1 is 0.453 bits per heavy atom. The number of nitrogens with zero attached hydrogens (tertiary/aromatic N) is 1. The van der Waals surface area contributed by atoms with Crippen molar-refractivity contribution in [3.63, 3.8) is 0 Å². The molecule has 0 bridgehead atoms. The molecule has 0 fully saturated rings. The molecule has 0 aromatic heterocycles. The lowest BCUT2D eigenvalue weighted by Gasteiger charge is -2.34. The molecule has 11 rings (SSSR count). The number of hydrogen-bond donors (Lipinski definition) is 0. The molecule has 0 amide bonds. The van der Waals surface area contributed by atoms with Crippen LogP contribution in [0.25, 0.3) is 39.0 Å². The van der Waals surface area contributed by atoms with E-state index in [1.807, 2.05) is 0 Å². The second-order valence-electron chi connectivity index (χ2n) is 15.5. The van der Waals surface area contributed by atoms with Crippen molar-refractivity contribution in [2.75, 3.05) is 4.90 Å². The summed E-state index contributed by atoms with van der Waals surface area (Å²) in [5, 5.41) is 0. The fraction of sp³-hybridized carbons (Fsp3) is 0.115. The lowest BCUT2D eigenvalue weighted by Crippen LogP contribution is -2.27. The molecular formula is C52H39N. The molecule has 53 heavy (non-hydrogen) atoms. The Balaban J connectivity index is 1.20. The summed E-state index contributed by atoms with van der Waals surface area (Å²) in [6.45, 7) is 4.72. The highest BCUT2D eigenvalue weighted by Crippen LogP contribution is 2.64. The average Bonchev–Trinajstić information content (AvgIpc) is 3.77. The van der Waals surface area contributed by atoms with Gasteiger partial charge in [-0.05, 0) is 116 Å². The van der Waals surface area contributed by atoms with E-state index in [4.69, 9.17) is 0 Å². The summed E-state index contributed by atoms with van der Waals surface area (Å²) in [5.74, 6) is 0. The van der Waals surface area contributed by atoms with Gasteiger partial charge in [0.1, 0.15) is 0 Å². The smallest absolute Gasteiger partial charge is 0.0722 e. The van der Waals surface area contributed by atoms with Gasteiger partial charge in [0.2, 0.25) is 0 Å². The first-order chi connectivity index (χ1) is 26.1. The molecule has 4 aliphatic rings. The van der Waals surface area contributed by atoms with Gasteiger partial charge in [0.15, 0.2) is 0 Å². The highest BCUT2D eigenvalue weighted by molar-refractivity contribution is 5.98. The average molecular weight is 678 g/mol. The van der Waals surface area contributed by atoms with Gasteiger partial charge in [0.05, 0.1) is 11.1 Å². The zero-order chi connectivity index (χ0) is 35.3. The monoisotopic (exact) mass is 677 g/mol. The summed E-state index contributed by atoms with van der Waals surface area (Å²) < 4.78 is 0. The predicted octanol–water partition coefficient (Wildman–Crippen LogP) is 13.6. The normalized spacial score (nSPS) is 17.9. The molecule has 0 saturated heterocycles. The molecule has 1 unspecified atom stereocenters. The van der Waals surface area contributed by atoms with Crippen molar-refractivity contribution in [3.05, 3.63) is 215 Å². The van der Waals surface area contributed by atoms with Gasteiger partial charge in [-0.2, -0.15) is 0 Å². The Labute approximate surface area is 312 Å². The van der Waals surface area contributed by atoms with E-state index < -0.39 is 0 Å². The molecule has 1 spiro atoms. The van der Waals surface area contributed by atoms with Crippen LogP contribution in [0.4, 0.5) is 17.1 Å². The third-order valence-corrected chi connectivity index (χ3v) is 12.6. The summed E-state index contributed by atoms with van der Waals surface area (Å²) >= 11 is 0. The van der Waals surface area contributed by atoms with E-state index >= 15 is 0 Å². The minimum Gasteiger partial charge on any atom is -0.310 e. The quantitative estimate of drug-likeness (QED) is 0.179. The molecular weight excluding hydrogens is 639 g/mol. The van der Waals surface area contributed by atoms with Crippen molar-refractivity contribution >= 4 is 22.6 Å². The van der Waals surface area contributed by atoms with Crippen molar-refractivity contribution in [1.82, 2.24) is 0 Å². The summed E-state index contributed by atoms with van der Waals surface area (Å²) in [6, 6.07) is 61.5. The van der Waals surface area contributed by atoms with E-state index in [2.05, 4.69) is 195 Å². The summed E-state index contributed by atoms with van der Waals surface area (Å²) in [5.41, 5.74) is 22.1. The van der Waals surface area contributed by atoms with Crippen LogP contribution in [0.1, 0.15) is 60.1 Å². The number of allylic oxidation sites excluding steroid dienone is 4. The number of anilines is 3. The molecule has 0 radical (unpaired) electrons. The van der Waals surface area contributed by atoms with E-state index in [9.17, 15) is 0 Å². The van der Waals surface area contributed by atoms with Gasteiger partial charge < -0.3 is 4.90 Å². The first-order valence-corrected chi connectivity index (χ1v) is 19.0. The van der Waals surface area contributed by atoms with Crippen LogP contribution in [0.2, 0.25) is 0 Å². The van der Waals surface area contributed by atoms with Gasteiger partial charge in [-0.15, -0.1) is 0 Å². The highest BCUT2D eigenvalue weighted by Gasteiger charge is 2.52. The highest BCUT2D eigenvalue weighted by atomic mass is 15.1. The zero-order valence-electron chi connectivity index (χ0n) is 30.1. The van der Waals surface area contributed by atoms with E-state index in [0.29, 0.717) is 0 Å². The molecule has 0 heterocycles. The van der Waals surface area contributed by atoms with E-state index in [1.165, 1.54) is 77.9 Å². The van der Waals surface area contributed by atoms with Crippen molar-refractivity contribution in [2.45, 2.75) is 37.5 Å². The number of rotatable bonds is 4. The number of fused-ring (bicyclic) bond motifs is 12. The molecule has 0 saturated carbocycles. The third-order valence-electron chi connectivity index (χ3n) is 12.6. The third kappa shape index (κ3) is 4.08. The molecule has 7 aromatic rings. The van der Waals surface area contributed by atoms with Gasteiger partial charge in [0.25, 0.3) is 0 Å². The van der Waals surface area contributed by atoms with Gasteiger partial charge in [-0.1, -0.05) is 159 Å². The molecule has 1 atom stereocenters. The molecule has 0 aliphatic heterocycles. The summed E-state index contributed by atoms with van der Waals surface area (Å²) in [6.07, 6.45) is 6.99. The Hall–Kier alpha value is -6.18. The fourth-order valence-electron chi connectivity index (χ4n) is 10.3. The number of hydrogen-bond acceptors (Lipinski definition) is 1. The van der Waals surface area contributed by atoms with Crippen molar-refractivity contribution in [2.24, 2.45) is 0 Å². The van der Waals surface area contributed by atoms with Crippen molar-refractivity contribution < 1.29 is 0 Å². The van der Waals surface area contributed by atoms with Crippen LogP contribution in [0.15, 0.2) is 182 Å². The van der Waals surface area contributed by atoms with E-state index in [-0.39, 0.29) is 10.8 Å². The summed E-state index contributed by atoms with van der Waals surface area (Å²) in [4.78, 5) is 2.51. The first kappa shape index (κ1) is 30.4. The second kappa shape index (κ2) is 11.2. The van der Waals surface area contributed by atoms with Gasteiger partial charge in [-0.25, -0.2) is 0 Å². The predicted molar refractivity (Wildman–Crippen MR) is 221 cm³/mol. The van der Waals surface area contributed by atoms with Gasteiger partial charge in [0, 0.05) is 22.4 Å². The van der Waals surface area contributed by atoms with E-state index in [1.54, 1.807) is 0 Å². The van der Waals surface area contributed by atoms with Crippen LogP contribution < -0.4 is 4.90 Å². The first-order valence-electron chi connectivity index (χ1n) is 19.0. The molecule has 7 aromatic carbocycles. The van der Waals surface area contributed by atoms with Crippen molar-refractivity contribution in [3.8, 4) is 33.4 Å². The van der Waals surface area contributed by atoms with Crippen LogP contribution in [-0.2, 0) is 10.8 Å². The summed E-state index contributed by atoms with van der Waals surface area (Å²) in [7, 11) is 0. The Kier molecular flexibility index (Phi) is 6.41. The van der Waals surface area contributed by atoms with Gasteiger partial charge >= 0.3 is 0 Å². The maximum atomic E-state index is 2.53. The zero-order valence-corrected chi connectivity index (χ0v) is 30.1. The molecule has 0 N–H and O–H groups in total. The SMILES string of the molecule is CC1(C)c2ccccc2-c2cc(N(c3ccc4c(c3)C3(C5=C(CCC=C5)c5ccccc53)c3ccccc3-4)c3ccccc3-c3ccccc3)ccc21. The Morgan fingerprint density at radius 3 is 1.81 bits per heavy atom. The molecule has 4 aliphatic carbocycles. The number of benzene rings is 7.